The van der Waals surface area contributed by atoms with Crippen molar-refractivity contribution >= 4 is 5.97 Å². The molecule has 0 heterocycles. The van der Waals surface area contributed by atoms with Gasteiger partial charge in [-0.2, -0.15) is 0 Å². The number of unbranched alkanes of at least 4 members (excludes halogenated alkanes) is 9. The number of carbonyl (C=O) groups excluding carboxylic acids is 1. The van der Waals surface area contributed by atoms with Gasteiger partial charge in [0.2, 0.25) is 0 Å². The molecule has 13 nitrogen and oxygen atoms in total. The molecule has 54 heavy (non-hydrogen) atoms. The molecule has 0 unspecified atom stereocenters. The van der Waals surface area contributed by atoms with Crippen LogP contribution in [0, 0.1) is 0 Å². The summed E-state index contributed by atoms with van der Waals surface area (Å²) in [7, 11) is 0. The van der Waals surface area contributed by atoms with Gasteiger partial charge >= 0.3 is 5.97 Å². The maximum absolute atomic E-state index is 11.8. The summed E-state index contributed by atoms with van der Waals surface area (Å²) in [5.41, 5.74) is 0.527. The predicted molar refractivity (Wildman–Crippen MR) is 208 cm³/mol. The molecule has 0 spiro atoms. The van der Waals surface area contributed by atoms with Crippen LogP contribution in [0.3, 0.4) is 0 Å². The van der Waals surface area contributed by atoms with Crippen molar-refractivity contribution in [3.63, 3.8) is 0 Å². The summed E-state index contributed by atoms with van der Waals surface area (Å²) >= 11 is 0. The van der Waals surface area contributed by atoms with Crippen molar-refractivity contribution in [1.82, 2.24) is 0 Å². The van der Waals surface area contributed by atoms with Gasteiger partial charge in [0.15, 0.2) is 0 Å². The highest BCUT2D eigenvalue weighted by Gasteiger charge is 2.05. The molecule has 1 aromatic rings. The Morgan fingerprint density at radius 2 is 0.593 bits per heavy atom. The van der Waals surface area contributed by atoms with Crippen molar-refractivity contribution in [3.8, 4) is 0 Å². The van der Waals surface area contributed by atoms with Crippen LogP contribution in [0.2, 0.25) is 0 Å². The van der Waals surface area contributed by atoms with Crippen molar-refractivity contribution in [2.75, 3.05) is 152 Å². The van der Waals surface area contributed by atoms with Crippen LogP contribution in [0.25, 0.3) is 0 Å². The Morgan fingerprint density at radius 3 is 0.907 bits per heavy atom. The molecule has 0 atom stereocenters. The number of carbonyl (C=O) groups is 1. The highest BCUT2D eigenvalue weighted by Crippen LogP contribution is 2.10. The molecular weight excluding hydrogens is 700 g/mol. The van der Waals surface area contributed by atoms with Crippen LogP contribution in [0.15, 0.2) is 30.3 Å². The fourth-order valence-corrected chi connectivity index (χ4v) is 4.84. The average molecular weight is 775 g/mol. The van der Waals surface area contributed by atoms with Gasteiger partial charge in [0.1, 0.15) is 6.61 Å². The molecule has 0 aliphatic heterocycles. The minimum atomic E-state index is -0.355. The molecule has 1 aromatic carbocycles. The molecule has 0 amide bonds. The Labute approximate surface area is 326 Å². The van der Waals surface area contributed by atoms with Gasteiger partial charge in [0.05, 0.1) is 144 Å². The number of esters is 1. The molecule has 0 saturated carbocycles. The topological polar surface area (TPSA) is 128 Å². The molecule has 13 heteroatoms. The summed E-state index contributed by atoms with van der Waals surface area (Å²) < 4.78 is 65.7. The lowest BCUT2D eigenvalue weighted by Crippen LogP contribution is -2.15. The van der Waals surface area contributed by atoms with Crippen LogP contribution >= 0.6 is 0 Å². The molecule has 0 radical (unpaired) electrons. The van der Waals surface area contributed by atoms with E-state index in [0.29, 0.717) is 144 Å². The van der Waals surface area contributed by atoms with Crippen LogP contribution in [0.1, 0.15) is 81.5 Å². The van der Waals surface area contributed by atoms with Crippen molar-refractivity contribution < 1.29 is 61.6 Å². The van der Waals surface area contributed by atoms with Gasteiger partial charge in [0.25, 0.3) is 0 Å². The minimum Gasteiger partial charge on any atom is -0.460 e. The molecule has 0 aliphatic carbocycles. The van der Waals surface area contributed by atoms with E-state index in [4.69, 9.17) is 56.8 Å². The van der Waals surface area contributed by atoms with E-state index in [-0.39, 0.29) is 12.6 Å². The fraction of sp³-hybridized carbons (Fsp3) is 0.829. The largest absolute Gasteiger partial charge is 0.460 e. The monoisotopic (exact) mass is 775 g/mol. The van der Waals surface area contributed by atoms with Crippen molar-refractivity contribution in [2.45, 2.75) is 71.1 Å². The lowest BCUT2D eigenvalue weighted by Gasteiger charge is -2.09. The second-order valence-corrected chi connectivity index (χ2v) is 12.4. The quantitative estimate of drug-likeness (QED) is 0.0573. The van der Waals surface area contributed by atoms with Crippen molar-refractivity contribution in [2.24, 2.45) is 0 Å². The Hall–Kier alpha value is -1.75. The van der Waals surface area contributed by atoms with Gasteiger partial charge in [-0.3, -0.25) is 0 Å². The van der Waals surface area contributed by atoms with Gasteiger partial charge in [-0.15, -0.1) is 0 Å². The first-order valence-corrected chi connectivity index (χ1v) is 20.4. The molecule has 1 rings (SSSR count). The van der Waals surface area contributed by atoms with E-state index < -0.39 is 0 Å². The van der Waals surface area contributed by atoms with E-state index in [0.717, 1.165) is 13.0 Å². The summed E-state index contributed by atoms with van der Waals surface area (Å²) in [6, 6.07) is 8.86. The van der Waals surface area contributed by atoms with Gasteiger partial charge in [-0.1, -0.05) is 82.9 Å². The first kappa shape index (κ1) is 50.3. The lowest BCUT2D eigenvalue weighted by molar-refractivity contribution is -0.0280. The van der Waals surface area contributed by atoms with Gasteiger partial charge in [0, 0.05) is 6.61 Å². The second-order valence-electron chi connectivity index (χ2n) is 12.4. The molecule has 316 valence electrons. The van der Waals surface area contributed by atoms with Crippen LogP contribution < -0.4 is 0 Å². The second kappa shape index (κ2) is 44.0. The van der Waals surface area contributed by atoms with E-state index in [2.05, 4.69) is 6.92 Å². The first-order chi connectivity index (χ1) is 26.8. The van der Waals surface area contributed by atoms with Crippen molar-refractivity contribution in [3.05, 3.63) is 35.9 Å². The number of benzene rings is 1. The summed E-state index contributed by atoms with van der Waals surface area (Å²) in [5, 5.41) is 0. The Kier molecular flexibility index (Phi) is 40.9. The standard InChI is InChI=1S/C41H74O13/c1-2-3-4-5-6-7-8-9-10-14-17-43-18-19-44-20-21-45-22-23-46-24-25-47-26-27-48-28-29-49-30-31-50-32-33-51-34-35-52-36-37-53-38-39-54-41(42)40-15-12-11-13-16-40/h11-13,15-16H,2-10,14,17-39H2,1H3. The molecule has 0 N–H and O–H groups in total. The maximum atomic E-state index is 11.8. The number of rotatable bonds is 45. The van der Waals surface area contributed by atoms with E-state index in [1.807, 2.05) is 6.07 Å². The number of hydrogen-bond acceptors (Lipinski definition) is 13. The molecule has 0 aromatic heterocycles. The predicted octanol–water partition coefficient (Wildman–Crippen LogP) is 5.95. The zero-order valence-corrected chi connectivity index (χ0v) is 33.5. The van der Waals surface area contributed by atoms with Crippen LogP contribution in [0.5, 0.6) is 0 Å². The third-order valence-electron chi connectivity index (χ3n) is 7.83. The highest BCUT2D eigenvalue weighted by atomic mass is 16.6. The Balaban J connectivity index is 1.61. The smallest absolute Gasteiger partial charge is 0.338 e. The van der Waals surface area contributed by atoms with Gasteiger partial charge < -0.3 is 56.8 Å². The molecule has 0 saturated heterocycles. The zero-order chi connectivity index (χ0) is 38.5. The number of ether oxygens (including phenoxy) is 12. The molecule has 0 bridgehead atoms. The van der Waals surface area contributed by atoms with Crippen LogP contribution in [-0.2, 0) is 56.8 Å². The molecular formula is C41H74O13. The molecule has 0 fully saturated rings. The fourth-order valence-electron chi connectivity index (χ4n) is 4.84. The van der Waals surface area contributed by atoms with Gasteiger partial charge in [-0.25, -0.2) is 4.79 Å². The first-order valence-electron chi connectivity index (χ1n) is 20.4. The SMILES string of the molecule is CCCCCCCCCCCCOCCOCCOCCOCCOCCOCCOCCOCCOCCOCCOCCOC(=O)c1ccccc1. The highest BCUT2D eigenvalue weighted by molar-refractivity contribution is 5.89. The third kappa shape index (κ3) is 38.5. The third-order valence-corrected chi connectivity index (χ3v) is 7.83. The van der Waals surface area contributed by atoms with E-state index in [1.165, 1.54) is 57.8 Å². The van der Waals surface area contributed by atoms with Crippen molar-refractivity contribution in [1.29, 1.82) is 0 Å². The summed E-state index contributed by atoms with van der Waals surface area (Å²) in [6.45, 7) is 13.9. The average Bonchev–Trinajstić information content (AvgIpc) is 3.19. The Bertz CT molecular complexity index is 865. The van der Waals surface area contributed by atoms with E-state index in [9.17, 15) is 4.79 Å². The Morgan fingerprint density at radius 1 is 0.333 bits per heavy atom. The summed E-state index contributed by atoms with van der Waals surface area (Å²) in [4.78, 5) is 11.8. The normalized spacial score (nSPS) is 11.4. The zero-order valence-electron chi connectivity index (χ0n) is 33.5. The van der Waals surface area contributed by atoms with Gasteiger partial charge in [-0.05, 0) is 18.6 Å². The summed E-state index contributed by atoms with van der Waals surface area (Å²) in [6.07, 6.45) is 13.4. The number of hydrogen-bond donors (Lipinski definition) is 0. The summed E-state index contributed by atoms with van der Waals surface area (Å²) in [5.74, 6) is -0.355. The lowest BCUT2D eigenvalue weighted by atomic mass is 10.1. The van der Waals surface area contributed by atoms with E-state index in [1.54, 1.807) is 24.3 Å². The van der Waals surface area contributed by atoms with Crippen LogP contribution in [0.4, 0.5) is 0 Å². The minimum absolute atomic E-state index is 0.203. The molecule has 0 aliphatic rings. The van der Waals surface area contributed by atoms with E-state index >= 15 is 0 Å². The maximum Gasteiger partial charge on any atom is 0.338 e. The van der Waals surface area contributed by atoms with Crippen LogP contribution in [-0.4, -0.2) is 158 Å².